The summed E-state index contributed by atoms with van der Waals surface area (Å²) in [4.78, 5) is 18.1. The van der Waals surface area contributed by atoms with Crippen LogP contribution < -0.4 is 4.74 Å². The minimum Gasteiger partial charge on any atom is -0.489 e. The molecule has 5 nitrogen and oxygen atoms in total. The zero-order valence-corrected chi connectivity index (χ0v) is 14.8. The highest BCUT2D eigenvalue weighted by molar-refractivity contribution is 5.95. The summed E-state index contributed by atoms with van der Waals surface area (Å²) in [6.07, 6.45) is 2.49. The second-order valence-corrected chi connectivity index (χ2v) is 5.95. The first-order chi connectivity index (χ1) is 13.1. The van der Waals surface area contributed by atoms with Gasteiger partial charge >= 0.3 is 6.55 Å². The van der Waals surface area contributed by atoms with Crippen LogP contribution in [0, 0.1) is 0 Å². The number of rotatable bonds is 7. The third-order valence-electron chi connectivity index (χ3n) is 4.07. The molecule has 140 valence electrons. The summed E-state index contributed by atoms with van der Waals surface area (Å²) < 4.78 is 32.4. The lowest BCUT2D eigenvalue weighted by atomic mass is 10.1. The molecule has 3 aromatic rings. The molecule has 27 heavy (non-hydrogen) atoms. The van der Waals surface area contributed by atoms with E-state index in [9.17, 15) is 13.6 Å². The van der Waals surface area contributed by atoms with Gasteiger partial charge < -0.3 is 9.64 Å². The fourth-order valence-corrected chi connectivity index (χ4v) is 2.67. The van der Waals surface area contributed by atoms with E-state index in [1.165, 1.54) is 17.3 Å². The lowest BCUT2D eigenvalue weighted by Crippen LogP contribution is -2.28. The third-order valence-corrected chi connectivity index (χ3v) is 4.07. The fourth-order valence-electron chi connectivity index (χ4n) is 2.67. The van der Waals surface area contributed by atoms with Crippen LogP contribution >= 0.6 is 0 Å². The van der Waals surface area contributed by atoms with E-state index in [1.54, 1.807) is 19.2 Å². The Balaban J connectivity index is 1.73. The number of hydrogen-bond donors (Lipinski definition) is 0. The van der Waals surface area contributed by atoms with Gasteiger partial charge in [-0.3, -0.25) is 9.36 Å². The molecular formula is C20H19F2N3O2. The van der Waals surface area contributed by atoms with Crippen molar-refractivity contribution in [1.29, 1.82) is 0 Å². The number of imidazole rings is 1. The number of carbonyl (C=O) groups is 1. The molecule has 1 amide bonds. The minimum absolute atomic E-state index is 0.0238. The molecule has 0 saturated carbocycles. The van der Waals surface area contributed by atoms with E-state index < -0.39 is 6.55 Å². The number of alkyl halides is 2. The molecule has 0 atom stereocenters. The van der Waals surface area contributed by atoms with E-state index in [0.29, 0.717) is 11.3 Å². The van der Waals surface area contributed by atoms with Crippen molar-refractivity contribution in [3.63, 3.8) is 0 Å². The summed E-state index contributed by atoms with van der Waals surface area (Å²) in [5.74, 6) is 0.539. The second kappa shape index (κ2) is 8.44. The largest absolute Gasteiger partial charge is 0.489 e. The predicted octanol–water partition coefficient (Wildman–Crippen LogP) is 4.13. The van der Waals surface area contributed by atoms with Crippen LogP contribution in [0.2, 0.25) is 0 Å². The average molecular weight is 371 g/mol. The summed E-state index contributed by atoms with van der Waals surface area (Å²) in [5.41, 5.74) is 1.18. The lowest BCUT2D eigenvalue weighted by Gasteiger charge is -2.19. The van der Waals surface area contributed by atoms with E-state index in [-0.39, 0.29) is 24.9 Å². The number of hydrogen-bond acceptors (Lipinski definition) is 3. The number of aromatic nitrogens is 2. The number of ether oxygens (including phenoxy) is 1. The summed E-state index contributed by atoms with van der Waals surface area (Å²) in [6, 6.07) is 16.4. The van der Waals surface area contributed by atoms with Gasteiger partial charge in [0, 0.05) is 30.6 Å². The van der Waals surface area contributed by atoms with Crippen LogP contribution in [0.5, 0.6) is 5.75 Å². The molecule has 0 aliphatic heterocycles. The molecule has 1 heterocycles. The van der Waals surface area contributed by atoms with Gasteiger partial charge in [0.2, 0.25) is 0 Å². The molecule has 0 aliphatic rings. The van der Waals surface area contributed by atoms with Gasteiger partial charge in [0.15, 0.2) is 0 Å². The molecule has 0 bridgehead atoms. The van der Waals surface area contributed by atoms with E-state index >= 15 is 0 Å². The second-order valence-electron chi connectivity index (χ2n) is 5.95. The molecule has 7 heteroatoms. The lowest BCUT2D eigenvalue weighted by molar-refractivity contribution is 0.0612. The van der Waals surface area contributed by atoms with Crippen molar-refractivity contribution in [1.82, 2.24) is 14.5 Å². The normalized spacial score (nSPS) is 10.8. The number of carbonyl (C=O) groups excluding carboxylic acids is 1. The Kier molecular flexibility index (Phi) is 5.80. The molecular weight excluding hydrogens is 352 g/mol. The Bertz CT molecular complexity index is 897. The first-order valence-corrected chi connectivity index (χ1v) is 8.37. The van der Waals surface area contributed by atoms with E-state index in [0.717, 1.165) is 10.1 Å². The molecule has 0 fully saturated rings. The highest BCUT2D eigenvalue weighted by atomic mass is 19.3. The van der Waals surface area contributed by atoms with Gasteiger partial charge in [0.05, 0.1) is 6.54 Å². The maximum atomic E-state index is 13.0. The maximum Gasteiger partial charge on any atom is 0.319 e. The van der Waals surface area contributed by atoms with Crippen molar-refractivity contribution in [2.75, 3.05) is 7.05 Å². The first kappa shape index (κ1) is 18.6. The average Bonchev–Trinajstić information content (AvgIpc) is 3.15. The zero-order chi connectivity index (χ0) is 19.2. The number of benzene rings is 2. The van der Waals surface area contributed by atoms with Crippen LogP contribution in [0.4, 0.5) is 8.78 Å². The molecule has 1 aromatic heterocycles. The highest BCUT2D eigenvalue weighted by Gasteiger charge is 2.19. The van der Waals surface area contributed by atoms with Crippen LogP contribution in [0.1, 0.15) is 28.3 Å². The quantitative estimate of drug-likeness (QED) is 0.627. The molecule has 0 N–H and O–H groups in total. The SMILES string of the molecule is CN(Cc1nccn1C(F)F)C(=O)c1ccccc1COc1ccccc1. The molecule has 2 aromatic carbocycles. The summed E-state index contributed by atoms with van der Waals surface area (Å²) in [7, 11) is 1.56. The third kappa shape index (κ3) is 4.49. The van der Waals surface area contributed by atoms with Gasteiger partial charge in [0.1, 0.15) is 18.2 Å². The van der Waals surface area contributed by atoms with Crippen LogP contribution in [-0.2, 0) is 13.2 Å². The summed E-state index contributed by atoms with van der Waals surface area (Å²) >= 11 is 0. The van der Waals surface area contributed by atoms with Gasteiger partial charge in [-0.2, -0.15) is 8.78 Å². The van der Waals surface area contributed by atoms with E-state index in [4.69, 9.17) is 4.74 Å². The molecule has 0 unspecified atom stereocenters. The Hall–Kier alpha value is -3.22. The molecule has 0 saturated heterocycles. The van der Waals surface area contributed by atoms with Gasteiger partial charge in [-0.05, 0) is 18.2 Å². The number of amides is 1. The van der Waals surface area contributed by atoms with Crippen molar-refractivity contribution in [2.24, 2.45) is 0 Å². The predicted molar refractivity (Wildman–Crippen MR) is 96.5 cm³/mol. The van der Waals surface area contributed by atoms with Crippen LogP contribution in [-0.4, -0.2) is 27.4 Å². The Morgan fingerprint density at radius 2 is 1.85 bits per heavy atom. The van der Waals surface area contributed by atoms with E-state index in [1.807, 2.05) is 42.5 Å². The number of para-hydroxylation sites is 1. The standard InChI is InChI=1S/C20H19F2N3O2/c1-24(13-18-23-11-12-25(18)20(21)22)19(26)17-10-6-5-7-15(17)14-27-16-8-3-2-4-9-16/h2-12,20H,13-14H2,1H3. The van der Waals surface area contributed by atoms with Crippen molar-refractivity contribution in [3.05, 3.63) is 83.9 Å². The molecule has 0 radical (unpaired) electrons. The topological polar surface area (TPSA) is 47.4 Å². The summed E-state index contributed by atoms with van der Waals surface area (Å²) in [5, 5.41) is 0. The molecule has 0 spiro atoms. The highest BCUT2D eigenvalue weighted by Crippen LogP contribution is 2.18. The maximum absolute atomic E-state index is 13.0. The smallest absolute Gasteiger partial charge is 0.319 e. The van der Waals surface area contributed by atoms with E-state index in [2.05, 4.69) is 4.98 Å². The monoisotopic (exact) mass is 371 g/mol. The number of nitrogens with zero attached hydrogens (tertiary/aromatic N) is 3. The Morgan fingerprint density at radius 1 is 1.15 bits per heavy atom. The van der Waals surface area contributed by atoms with Crippen molar-refractivity contribution >= 4 is 5.91 Å². The zero-order valence-electron chi connectivity index (χ0n) is 14.8. The Labute approximate surface area is 155 Å². The van der Waals surface area contributed by atoms with Crippen molar-refractivity contribution in [3.8, 4) is 5.75 Å². The minimum atomic E-state index is -2.70. The fraction of sp³-hybridized carbons (Fsp3) is 0.200. The van der Waals surface area contributed by atoms with Gasteiger partial charge in [-0.15, -0.1) is 0 Å². The van der Waals surface area contributed by atoms with Crippen LogP contribution in [0.3, 0.4) is 0 Å². The van der Waals surface area contributed by atoms with Gasteiger partial charge in [-0.25, -0.2) is 4.98 Å². The molecule has 3 rings (SSSR count). The van der Waals surface area contributed by atoms with Gasteiger partial charge in [0.25, 0.3) is 5.91 Å². The van der Waals surface area contributed by atoms with Crippen molar-refractivity contribution in [2.45, 2.75) is 19.7 Å². The molecule has 0 aliphatic carbocycles. The summed E-state index contributed by atoms with van der Waals surface area (Å²) in [6.45, 7) is -2.49. The number of halogens is 2. The van der Waals surface area contributed by atoms with Crippen molar-refractivity contribution < 1.29 is 18.3 Å². The first-order valence-electron chi connectivity index (χ1n) is 8.37. The van der Waals surface area contributed by atoms with Gasteiger partial charge in [-0.1, -0.05) is 36.4 Å². The van der Waals surface area contributed by atoms with Crippen LogP contribution in [0.15, 0.2) is 67.0 Å². The Morgan fingerprint density at radius 3 is 2.59 bits per heavy atom. The van der Waals surface area contributed by atoms with Crippen LogP contribution in [0.25, 0.3) is 0 Å².